The summed E-state index contributed by atoms with van der Waals surface area (Å²) in [6.45, 7) is 0. The number of benzene rings is 3. The van der Waals surface area contributed by atoms with Crippen molar-refractivity contribution in [2.45, 2.75) is 12.5 Å². The summed E-state index contributed by atoms with van der Waals surface area (Å²) >= 11 is 0. The smallest absolute Gasteiger partial charge is 0.115 e. The largest absolute Gasteiger partial charge is 0.508 e. The number of hydrogen-bond donors (Lipinski definition) is 1. The molecule has 0 spiro atoms. The summed E-state index contributed by atoms with van der Waals surface area (Å²) in [5, 5.41) is 9.56. The molecule has 3 aromatic rings. The molecule has 0 amide bonds. The van der Waals surface area contributed by atoms with E-state index in [0.717, 1.165) is 23.6 Å². The van der Waals surface area contributed by atoms with Gasteiger partial charge in [-0.1, -0.05) is 48.5 Å². The highest BCUT2D eigenvalue weighted by molar-refractivity contribution is 6.06. The fraction of sp³-hybridized carbons (Fsp3) is 0.0952. The Kier molecular flexibility index (Phi) is 3.75. The van der Waals surface area contributed by atoms with Crippen molar-refractivity contribution in [3.63, 3.8) is 0 Å². The maximum absolute atomic E-state index is 9.56. The molecule has 1 heterocycles. The van der Waals surface area contributed by atoms with Crippen LogP contribution in [0.3, 0.4) is 0 Å². The van der Waals surface area contributed by atoms with Crippen LogP contribution in [0.2, 0.25) is 0 Å². The van der Waals surface area contributed by atoms with Crippen LogP contribution in [0.25, 0.3) is 0 Å². The summed E-state index contributed by atoms with van der Waals surface area (Å²) in [5.74, 6) is 1.32. The van der Waals surface area contributed by atoms with Gasteiger partial charge < -0.3 is 10.0 Å². The van der Waals surface area contributed by atoms with Crippen molar-refractivity contribution >= 4 is 17.2 Å². The van der Waals surface area contributed by atoms with Crippen LogP contribution in [-0.2, 0) is 0 Å². The molecule has 118 valence electrons. The highest BCUT2D eigenvalue weighted by Crippen LogP contribution is 2.40. The van der Waals surface area contributed by atoms with E-state index in [0.29, 0.717) is 0 Å². The molecule has 1 aliphatic heterocycles. The van der Waals surface area contributed by atoms with Crippen molar-refractivity contribution in [3.8, 4) is 5.75 Å². The van der Waals surface area contributed by atoms with Gasteiger partial charge in [-0.3, -0.25) is 0 Å². The molecule has 1 N–H and O–H groups in total. The fourth-order valence-corrected chi connectivity index (χ4v) is 3.07. The normalized spacial score (nSPS) is 18.4. The first kappa shape index (κ1) is 14.5. The summed E-state index contributed by atoms with van der Waals surface area (Å²) in [4.78, 5) is 7.04. The molecule has 1 saturated heterocycles. The Morgan fingerprint density at radius 3 is 2.08 bits per heavy atom. The average molecular weight is 314 g/mol. The lowest BCUT2D eigenvalue weighted by molar-refractivity contribution is 0.475. The molecule has 4 rings (SSSR count). The minimum absolute atomic E-state index is 0.275. The Morgan fingerprint density at radius 2 is 1.42 bits per heavy atom. The highest BCUT2D eigenvalue weighted by atomic mass is 16.3. The van der Waals surface area contributed by atoms with Crippen LogP contribution in [0, 0.1) is 0 Å². The molecule has 3 aromatic carbocycles. The third-order valence-electron chi connectivity index (χ3n) is 4.29. The number of aromatic hydroxyl groups is 1. The van der Waals surface area contributed by atoms with Crippen LogP contribution in [0.5, 0.6) is 5.75 Å². The molecule has 1 aliphatic rings. The molecule has 0 aliphatic carbocycles. The summed E-state index contributed by atoms with van der Waals surface area (Å²) < 4.78 is 0. The minimum Gasteiger partial charge on any atom is -0.508 e. The maximum Gasteiger partial charge on any atom is 0.115 e. The van der Waals surface area contributed by atoms with Crippen LogP contribution in [0.15, 0.2) is 89.9 Å². The van der Waals surface area contributed by atoms with Crippen LogP contribution >= 0.6 is 0 Å². The molecule has 0 saturated carbocycles. The second-order valence-corrected chi connectivity index (χ2v) is 5.88. The van der Waals surface area contributed by atoms with E-state index in [2.05, 4.69) is 29.2 Å². The van der Waals surface area contributed by atoms with E-state index >= 15 is 0 Å². The van der Waals surface area contributed by atoms with Gasteiger partial charge in [-0.25, -0.2) is 4.99 Å². The van der Waals surface area contributed by atoms with Gasteiger partial charge >= 0.3 is 0 Å². The number of hydrogen-bond acceptors (Lipinski definition) is 2. The second-order valence-electron chi connectivity index (χ2n) is 5.88. The number of rotatable bonds is 3. The lowest BCUT2D eigenvalue weighted by Gasteiger charge is -2.44. The molecule has 1 atom stereocenters. The molecule has 0 bridgehead atoms. The van der Waals surface area contributed by atoms with Crippen LogP contribution in [0.1, 0.15) is 18.0 Å². The molecule has 0 radical (unpaired) electrons. The number of para-hydroxylation sites is 1. The van der Waals surface area contributed by atoms with Crippen molar-refractivity contribution in [2.75, 3.05) is 4.90 Å². The number of phenols is 1. The number of aliphatic imine (C=N–C) groups is 1. The Bertz CT molecular complexity index is 842. The van der Waals surface area contributed by atoms with E-state index < -0.39 is 0 Å². The average Bonchev–Trinajstić information content (AvgIpc) is 2.62. The summed E-state index contributed by atoms with van der Waals surface area (Å²) in [7, 11) is 0. The van der Waals surface area contributed by atoms with Gasteiger partial charge in [0.1, 0.15) is 11.6 Å². The van der Waals surface area contributed by atoms with Crippen molar-refractivity contribution in [3.05, 3.63) is 90.5 Å². The number of phenolic OH excluding ortho intramolecular Hbond substituents is 1. The predicted octanol–water partition coefficient (Wildman–Crippen LogP) is 5.07. The first-order valence-electron chi connectivity index (χ1n) is 8.07. The van der Waals surface area contributed by atoms with E-state index in [-0.39, 0.29) is 11.8 Å². The molecular formula is C21H18N2O. The second kappa shape index (κ2) is 6.20. The molecule has 24 heavy (non-hydrogen) atoms. The fourth-order valence-electron chi connectivity index (χ4n) is 3.07. The number of anilines is 1. The molecule has 1 unspecified atom stereocenters. The first-order chi connectivity index (χ1) is 11.8. The Hall–Kier alpha value is -3.07. The Labute approximate surface area is 141 Å². The van der Waals surface area contributed by atoms with Crippen molar-refractivity contribution < 1.29 is 5.11 Å². The number of nitrogens with zero attached hydrogens (tertiary/aromatic N) is 2. The molecule has 3 nitrogen and oxygen atoms in total. The van der Waals surface area contributed by atoms with E-state index in [1.807, 2.05) is 48.5 Å². The molecule has 1 fully saturated rings. The van der Waals surface area contributed by atoms with Gasteiger partial charge in [-0.05, 0) is 42.0 Å². The van der Waals surface area contributed by atoms with Gasteiger partial charge in [-0.2, -0.15) is 0 Å². The molecule has 3 heteroatoms. The van der Waals surface area contributed by atoms with Gasteiger partial charge in [-0.15, -0.1) is 0 Å². The zero-order chi connectivity index (χ0) is 16.4. The van der Waals surface area contributed by atoms with Crippen LogP contribution in [-0.4, -0.2) is 10.9 Å². The van der Waals surface area contributed by atoms with E-state index in [9.17, 15) is 5.11 Å². The zero-order valence-corrected chi connectivity index (χ0v) is 13.2. The third kappa shape index (κ3) is 2.76. The van der Waals surface area contributed by atoms with Crippen LogP contribution < -0.4 is 4.90 Å². The van der Waals surface area contributed by atoms with Gasteiger partial charge in [0.05, 0.1) is 11.7 Å². The first-order valence-corrected chi connectivity index (χ1v) is 8.07. The Morgan fingerprint density at radius 1 is 0.792 bits per heavy atom. The topological polar surface area (TPSA) is 35.8 Å². The molecular weight excluding hydrogens is 296 g/mol. The monoisotopic (exact) mass is 314 g/mol. The maximum atomic E-state index is 9.56. The SMILES string of the molecule is Oc1ccc(N2C(=Nc3ccccc3)CC2c2ccccc2)cc1. The van der Waals surface area contributed by atoms with E-state index in [1.54, 1.807) is 12.1 Å². The number of amidine groups is 1. The van der Waals surface area contributed by atoms with Crippen molar-refractivity contribution in [2.24, 2.45) is 4.99 Å². The summed E-state index contributed by atoms with van der Waals surface area (Å²) in [5.41, 5.74) is 3.28. The Balaban J connectivity index is 1.71. The third-order valence-corrected chi connectivity index (χ3v) is 4.29. The highest BCUT2D eigenvalue weighted by Gasteiger charge is 2.36. The minimum atomic E-state index is 0.275. The van der Waals surface area contributed by atoms with Gasteiger partial charge in [0.15, 0.2) is 0 Å². The van der Waals surface area contributed by atoms with Crippen molar-refractivity contribution in [1.29, 1.82) is 0 Å². The quantitative estimate of drug-likeness (QED) is 0.732. The van der Waals surface area contributed by atoms with Gasteiger partial charge in [0.2, 0.25) is 0 Å². The predicted molar refractivity (Wildman–Crippen MR) is 97.9 cm³/mol. The van der Waals surface area contributed by atoms with Gasteiger partial charge in [0, 0.05) is 12.1 Å². The summed E-state index contributed by atoms with van der Waals surface area (Å²) in [6, 6.07) is 28.1. The van der Waals surface area contributed by atoms with E-state index in [4.69, 9.17) is 4.99 Å². The standard InChI is InChI=1S/C21H18N2O/c24-19-13-11-18(12-14-19)23-20(16-7-3-1-4-8-16)15-21(23)22-17-9-5-2-6-10-17/h1-14,20,24H,15H2. The summed E-state index contributed by atoms with van der Waals surface area (Å²) in [6.07, 6.45) is 0.903. The van der Waals surface area contributed by atoms with E-state index in [1.165, 1.54) is 5.56 Å². The van der Waals surface area contributed by atoms with Crippen molar-refractivity contribution in [1.82, 2.24) is 0 Å². The lowest BCUT2D eigenvalue weighted by atomic mass is 9.92. The van der Waals surface area contributed by atoms with Crippen LogP contribution in [0.4, 0.5) is 11.4 Å². The van der Waals surface area contributed by atoms with Gasteiger partial charge in [0.25, 0.3) is 0 Å². The molecule has 0 aromatic heterocycles. The lowest BCUT2D eigenvalue weighted by Crippen LogP contribution is -2.46. The zero-order valence-electron chi connectivity index (χ0n) is 13.2.